The zero-order valence-electron chi connectivity index (χ0n) is 16.3. The highest BCUT2D eigenvalue weighted by Gasteiger charge is 2.18. The lowest BCUT2D eigenvalue weighted by Gasteiger charge is -2.21. The molecule has 0 aliphatic heterocycles. The average molecular weight is 388 g/mol. The van der Waals surface area contributed by atoms with Gasteiger partial charge in [0.2, 0.25) is 5.91 Å². The van der Waals surface area contributed by atoms with Crippen molar-refractivity contribution >= 4 is 5.91 Å². The van der Waals surface area contributed by atoms with Gasteiger partial charge in [0, 0.05) is 25.6 Å². The van der Waals surface area contributed by atoms with E-state index in [1.807, 2.05) is 54.6 Å². The summed E-state index contributed by atoms with van der Waals surface area (Å²) in [5.74, 6) is 0.791. The van der Waals surface area contributed by atoms with Gasteiger partial charge in [0.15, 0.2) is 0 Å². The first-order chi connectivity index (χ1) is 13.6. The highest BCUT2D eigenvalue weighted by atomic mass is 16.7. The van der Waals surface area contributed by atoms with E-state index in [9.17, 15) is 4.79 Å². The molecule has 0 unspecified atom stereocenters. The lowest BCUT2D eigenvalue weighted by molar-refractivity contribution is -0.133. The molecule has 3 N–H and O–H groups in total. The molecule has 0 heterocycles. The van der Waals surface area contributed by atoms with E-state index in [0.29, 0.717) is 19.6 Å². The Morgan fingerprint density at radius 1 is 1.07 bits per heavy atom. The third-order valence-corrected chi connectivity index (χ3v) is 4.21. The van der Waals surface area contributed by atoms with Crippen molar-refractivity contribution in [2.75, 3.05) is 20.5 Å². The molecule has 2 aromatic rings. The van der Waals surface area contributed by atoms with Crippen LogP contribution in [0.3, 0.4) is 0 Å². The largest absolute Gasteiger partial charge is 0.457 e. The molecule has 2 aromatic carbocycles. The predicted octanol–water partition coefficient (Wildman–Crippen LogP) is 3.09. The van der Waals surface area contributed by atoms with Crippen molar-refractivity contribution < 1.29 is 24.2 Å². The maximum absolute atomic E-state index is 11.6. The zero-order chi connectivity index (χ0) is 20.2. The minimum Gasteiger partial charge on any atom is -0.457 e. The van der Waals surface area contributed by atoms with Gasteiger partial charge in [0.1, 0.15) is 18.3 Å². The summed E-state index contributed by atoms with van der Waals surface area (Å²) in [6, 6.07) is 17.4. The molecule has 0 saturated carbocycles. The van der Waals surface area contributed by atoms with Crippen LogP contribution in [0.15, 0.2) is 54.6 Å². The molecular formula is C21H28N2O5. The van der Waals surface area contributed by atoms with Gasteiger partial charge in [0.25, 0.3) is 0 Å². The summed E-state index contributed by atoms with van der Waals surface area (Å²) in [5.41, 5.74) is 2.77. The van der Waals surface area contributed by atoms with E-state index in [-0.39, 0.29) is 18.8 Å². The van der Waals surface area contributed by atoms with Crippen LogP contribution in [0.2, 0.25) is 0 Å². The van der Waals surface area contributed by atoms with Gasteiger partial charge in [-0.15, -0.1) is 0 Å². The van der Waals surface area contributed by atoms with Crippen molar-refractivity contribution in [3.8, 4) is 11.5 Å². The molecule has 0 aliphatic carbocycles. The summed E-state index contributed by atoms with van der Waals surface area (Å²) in [6.07, 6.45) is 0.519. The second-order valence-electron chi connectivity index (χ2n) is 6.53. The monoisotopic (exact) mass is 388 g/mol. The highest BCUT2D eigenvalue weighted by molar-refractivity contribution is 5.76. The second-order valence-corrected chi connectivity index (χ2v) is 6.53. The molecule has 0 saturated heterocycles. The van der Waals surface area contributed by atoms with Crippen LogP contribution in [0.4, 0.5) is 0 Å². The number of carbonyl (C=O) groups excluding carboxylic acids is 1. The Labute approximate surface area is 165 Å². The fourth-order valence-corrected chi connectivity index (χ4v) is 2.69. The third-order valence-electron chi connectivity index (χ3n) is 4.21. The Morgan fingerprint density at radius 3 is 2.39 bits per heavy atom. The van der Waals surface area contributed by atoms with E-state index in [0.717, 1.165) is 17.1 Å². The summed E-state index contributed by atoms with van der Waals surface area (Å²) in [7, 11) is 1.56. The number of hydrogen-bond donors (Lipinski definition) is 3. The van der Waals surface area contributed by atoms with Crippen LogP contribution in [-0.4, -0.2) is 37.7 Å². The molecule has 7 nitrogen and oxygen atoms in total. The lowest BCUT2D eigenvalue weighted by atomic mass is 10.0. The minimum atomic E-state index is -0.416. The predicted molar refractivity (Wildman–Crippen MR) is 105 cm³/mol. The number of rotatable bonds is 12. The first-order valence-electron chi connectivity index (χ1n) is 9.18. The number of benzene rings is 2. The van der Waals surface area contributed by atoms with Crippen LogP contribution in [0.25, 0.3) is 0 Å². The molecule has 0 spiro atoms. The lowest BCUT2D eigenvalue weighted by Crippen LogP contribution is -2.38. The molecule has 0 aromatic heterocycles. The maximum atomic E-state index is 11.6. The molecule has 2 atom stereocenters. The fourth-order valence-electron chi connectivity index (χ4n) is 2.69. The molecule has 1 amide bonds. The Morgan fingerprint density at radius 2 is 1.75 bits per heavy atom. The van der Waals surface area contributed by atoms with Crippen LogP contribution >= 0.6 is 0 Å². The van der Waals surface area contributed by atoms with E-state index >= 15 is 0 Å². The minimum absolute atomic E-state index is 0.0669. The SMILES string of the molecule is COCOC[C@H](C[C@H](C)C(=O)NO)NCc1ccc(Oc2ccccc2)cc1. The van der Waals surface area contributed by atoms with E-state index in [2.05, 4.69) is 5.32 Å². The number of ether oxygens (including phenoxy) is 3. The topological polar surface area (TPSA) is 89.1 Å². The van der Waals surface area contributed by atoms with E-state index < -0.39 is 5.91 Å². The summed E-state index contributed by atoms with van der Waals surface area (Å²) in [4.78, 5) is 11.6. The van der Waals surface area contributed by atoms with Crippen molar-refractivity contribution in [3.05, 3.63) is 60.2 Å². The second kappa shape index (κ2) is 12.1. The van der Waals surface area contributed by atoms with Gasteiger partial charge in [-0.1, -0.05) is 37.3 Å². The van der Waals surface area contributed by atoms with Crippen molar-refractivity contribution in [1.82, 2.24) is 10.8 Å². The summed E-state index contributed by atoms with van der Waals surface area (Å²) in [5, 5.41) is 12.2. The normalized spacial score (nSPS) is 13.0. The Balaban J connectivity index is 1.88. The number of hydroxylamine groups is 1. The number of amides is 1. The Bertz CT molecular complexity index is 694. The highest BCUT2D eigenvalue weighted by Crippen LogP contribution is 2.21. The van der Waals surface area contributed by atoms with Gasteiger partial charge < -0.3 is 19.5 Å². The standard InChI is InChI=1S/C21H28N2O5/c1-16(21(24)23-25)12-18(14-27-15-26-2)22-13-17-8-10-20(11-9-17)28-19-6-4-3-5-7-19/h3-11,16,18,22,25H,12-15H2,1-2H3,(H,23,24)/t16-,18-/m0/s1. The van der Waals surface area contributed by atoms with E-state index in [1.54, 1.807) is 19.5 Å². The van der Waals surface area contributed by atoms with Gasteiger partial charge in [-0.2, -0.15) is 0 Å². The van der Waals surface area contributed by atoms with Crippen molar-refractivity contribution in [2.45, 2.75) is 25.9 Å². The zero-order valence-corrected chi connectivity index (χ0v) is 16.3. The quantitative estimate of drug-likeness (QED) is 0.224. The van der Waals surface area contributed by atoms with Crippen molar-refractivity contribution in [1.29, 1.82) is 0 Å². The van der Waals surface area contributed by atoms with Crippen LogP contribution in [-0.2, 0) is 20.8 Å². The third kappa shape index (κ3) is 7.66. The van der Waals surface area contributed by atoms with Crippen LogP contribution in [0.1, 0.15) is 18.9 Å². The van der Waals surface area contributed by atoms with Crippen molar-refractivity contribution in [3.63, 3.8) is 0 Å². The molecule has 2 rings (SSSR count). The van der Waals surface area contributed by atoms with Gasteiger partial charge in [-0.3, -0.25) is 10.0 Å². The van der Waals surface area contributed by atoms with Crippen molar-refractivity contribution in [2.24, 2.45) is 5.92 Å². The Hall–Kier alpha value is -2.45. The molecule has 28 heavy (non-hydrogen) atoms. The average Bonchev–Trinajstić information content (AvgIpc) is 2.73. The molecule has 152 valence electrons. The number of carbonyl (C=O) groups is 1. The molecule has 0 aliphatic rings. The number of hydrogen-bond acceptors (Lipinski definition) is 6. The van der Waals surface area contributed by atoms with E-state index in [1.165, 1.54) is 0 Å². The van der Waals surface area contributed by atoms with Crippen LogP contribution < -0.4 is 15.5 Å². The molecular weight excluding hydrogens is 360 g/mol. The Kier molecular flexibility index (Phi) is 9.44. The van der Waals surface area contributed by atoms with Crippen LogP contribution in [0, 0.1) is 5.92 Å². The maximum Gasteiger partial charge on any atom is 0.246 e. The first-order valence-corrected chi connectivity index (χ1v) is 9.18. The summed E-state index contributed by atoms with van der Waals surface area (Å²) in [6.45, 7) is 2.95. The number of methoxy groups -OCH3 is 1. The van der Waals surface area contributed by atoms with Gasteiger partial charge in [-0.25, -0.2) is 5.48 Å². The molecule has 0 radical (unpaired) electrons. The van der Waals surface area contributed by atoms with E-state index in [4.69, 9.17) is 19.4 Å². The molecule has 7 heteroatoms. The number of para-hydroxylation sites is 1. The summed E-state index contributed by atoms with van der Waals surface area (Å²) >= 11 is 0. The number of nitrogens with one attached hydrogen (secondary N) is 2. The van der Waals surface area contributed by atoms with Gasteiger partial charge >= 0.3 is 0 Å². The molecule has 0 fully saturated rings. The smallest absolute Gasteiger partial charge is 0.246 e. The van der Waals surface area contributed by atoms with Crippen LogP contribution in [0.5, 0.6) is 11.5 Å². The molecule has 0 bridgehead atoms. The van der Waals surface area contributed by atoms with Gasteiger partial charge in [-0.05, 0) is 36.2 Å². The summed E-state index contributed by atoms with van der Waals surface area (Å²) < 4.78 is 16.1. The fraction of sp³-hybridized carbons (Fsp3) is 0.381. The first kappa shape index (κ1) is 21.8. The van der Waals surface area contributed by atoms with Gasteiger partial charge in [0.05, 0.1) is 6.61 Å².